The van der Waals surface area contributed by atoms with Crippen LogP contribution in [0, 0.1) is 0 Å². The van der Waals surface area contributed by atoms with Crippen molar-refractivity contribution in [3.8, 4) is 0 Å². The fraction of sp³-hybridized carbons (Fsp3) is 0.400. The van der Waals surface area contributed by atoms with Gasteiger partial charge in [0.1, 0.15) is 17.2 Å². The van der Waals surface area contributed by atoms with Crippen LogP contribution in [0.2, 0.25) is 0 Å². The highest BCUT2D eigenvalue weighted by molar-refractivity contribution is 7.92. The Hall–Kier alpha value is -3.26. The molecular formula is C25H32F3N6O5PS. The standard InChI is InChI=1S/C25H32F3N6O5PS/c1-16(2)38-40(35,39-17(3)4)20-11-7-10-19(13-20)32-24-31-15-21(25(26,27)28)22(33-24)30-14-18-9-8-12-29-23(18)34(5)41(6,36)37/h7-13,15-17H,14H2,1-6H3,(H2,30,31,32,33). The van der Waals surface area contributed by atoms with E-state index in [2.05, 4.69) is 25.6 Å². The largest absolute Gasteiger partial charge is 0.421 e. The van der Waals surface area contributed by atoms with E-state index in [1.165, 1.54) is 31.4 Å². The van der Waals surface area contributed by atoms with Crippen LogP contribution in [0.15, 0.2) is 48.8 Å². The van der Waals surface area contributed by atoms with Crippen LogP contribution in [-0.2, 0) is 36.4 Å². The average molecular weight is 617 g/mol. The molecule has 0 aliphatic rings. The molecule has 0 bridgehead atoms. The van der Waals surface area contributed by atoms with Crippen molar-refractivity contribution in [2.75, 3.05) is 28.2 Å². The number of alkyl halides is 3. The molecule has 3 rings (SSSR count). The number of rotatable bonds is 12. The average Bonchev–Trinajstić information content (AvgIpc) is 2.85. The van der Waals surface area contributed by atoms with E-state index in [-0.39, 0.29) is 23.6 Å². The summed E-state index contributed by atoms with van der Waals surface area (Å²) in [6, 6.07) is 9.30. The van der Waals surface area contributed by atoms with E-state index < -0.39 is 47.4 Å². The van der Waals surface area contributed by atoms with E-state index >= 15 is 0 Å². The number of sulfonamides is 1. The van der Waals surface area contributed by atoms with Crippen LogP contribution >= 0.6 is 7.60 Å². The Kier molecular flexibility index (Phi) is 10.0. The first-order valence-corrected chi connectivity index (χ1v) is 15.8. The first-order valence-electron chi connectivity index (χ1n) is 12.4. The molecule has 0 fully saturated rings. The minimum atomic E-state index is -4.78. The molecule has 3 aromatic rings. The SMILES string of the molecule is CC(C)OP(=O)(OC(C)C)c1cccc(Nc2ncc(C(F)(F)F)c(NCc3cccnc3N(C)S(C)(=O)=O)n2)c1. The van der Waals surface area contributed by atoms with Crippen LogP contribution in [-0.4, -0.2) is 48.9 Å². The third kappa shape index (κ3) is 8.62. The summed E-state index contributed by atoms with van der Waals surface area (Å²) in [5.41, 5.74) is -0.475. The van der Waals surface area contributed by atoms with E-state index in [0.717, 1.165) is 10.6 Å². The lowest BCUT2D eigenvalue weighted by Gasteiger charge is -2.23. The van der Waals surface area contributed by atoms with Crippen LogP contribution in [0.1, 0.15) is 38.8 Å². The molecular weight excluding hydrogens is 584 g/mol. The smallest absolute Gasteiger partial charge is 0.365 e. The summed E-state index contributed by atoms with van der Waals surface area (Å²) in [6.07, 6.45) is -2.60. The molecule has 41 heavy (non-hydrogen) atoms. The number of nitrogens with zero attached hydrogens (tertiary/aromatic N) is 4. The van der Waals surface area contributed by atoms with E-state index in [9.17, 15) is 26.2 Å². The molecule has 2 heterocycles. The molecule has 0 saturated heterocycles. The van der Waals surface area contributed by atoms with Crippen molar-refractivity contribution in [3.63, 3.8) is 0 Å². The van der Waals surface area contributed by atoms with Gasteiger partial charge in [-0.05, 0) is 52.0 Å². The highest BCUT2D eigenvalue weighted by Crippen LogP contribution is 2.49. The van der Waals surface area contributed by atoms with Crippen molar-refractivity contribution in [3.05, 3.63) is 59.9 Å². The molecule has 1 aromatic carbocycles. The molecule has 11 nitrogen and oxygen atoms in total. The van der Waals surface area contributed by atoms with Gasteiger partial charge in [0, 0.05) is 37.2 Å². The van der Waals surface area contributed by atoms with Gasteiger partial charge in [-0.15, -0.1) is 0 Å². The third-order valence-electron chi connectivity index (χ3n) is 5.32. The lowest BCUT2D eigenvalue weighted by molar-refractivity contribution is -0.137. The number of benzene rings is 1. The predicted octanol–water partition coefficient (Wildman–Crippen LogP) is 5.31. The molecule has 0 radical (unpaired) electrons. The van der Waals surface area contributed by atoms with Crippen LogP contribution in [0.3, 0.4) is 0 Å². The summed E-state index contributed by atoms with van der Waals surface area (Å²) < 4.78 is 91.1. The minimum Gasteiger partial charge on any atom is -0.365 e. The lowest BCUT2D eigenvalue weighted by atomic mass is 10.2. The van der Waals surface area contributed by atoms with Crippen LogP contribution in [0.4, 0.5) is 36.4 Å². The second kappa shape index (κ2) is 12.7. The van der Waals surface area contributed by atoms with Gasteiger partial charge < -0.3 is 19.7 Å². The Bertz CT molecular complexity index is 1510. The van der Waals surface area contributed by atoms with Gasteiger partial charge in [-0.2, -0.15) is 18.2 Å². The molecule has 0 aliphatic heterocycles. The molecule has 0 amide bonds. The highest BCUT2D eigenvalue weighted by Gasteiger charge is 2.35. The Morgan fingerprint density at radius 1 is 1.05 bits per heavy atom. The van der Waals surface area contributed by atoms with Crippen molar-refractivity contribution in [2.45, 2.75) is 52.6 Å². The van der Waals surface area contributed by atoms with Crippen molar-refractivity contribution >= 4 is 46.2 Å². The van der Waals surface area contributed by atoms with Gasteiger partial charge in [-0.25, -0.2) is 18.4 Å². The maximum Gasteiger partial charge on any atom is 0.421 e. The lowest BCUT2D eigenvalue weighted by Crippen LogP contribution is -2.27. The van der Waals surface area contributed by atoms with Gasteiger partial charge >= 0.3 is 13.8 Å². The molecule has 0 atom stereocenters. The van der Waals surface area contributed by atoms with Crippen molar-refractivity contribution in [2.24, 2.45) is 0 Å². The maximum absolute atomic E-state index is 13.8. The first-order chi connectivity index (χ1) is 19.0. The molecule has 0 unspecified atom stereocenters. The van der Waals surface area contributed by atoms with Gasteiger partial charge in [-0.1, -0.05) is 12.1 Å². The monoisotopic (exact) mass is 616 g/mol. The topological polar surface area (TPSA) is 136 Å². The van der Waals surface area contributed by atoms with Crippen LogP contribution in [0.25, 0.3) is 0 Å². The fourth-order valence-electron chi connectivity index (χ4n) is 3.56. The zero-order chi connectivity index (χ0) is 30.6. The molecule has 16 heteroatoms. The second-order valence-corrected chi connectivity index (χ2v) is 13.5. The molecule has 224 valence electrons. The zero-order valence-electron chi connectivity index (χ0n) is 23.3. The van der Waals surface area contributed by atoms with Gasteiger partial charge in [0.05, 0.1) is 23.8 Å². The minimum absolute atomic E-state index is 0.0527. The number of aromatic nitrogens is 3. The summed E-state index contributed by atoms with van der Waals surface area (Å²) in [4.78, 5) is 11.9. The van der Waals surface area contributed by atoms with Gasteiger partial charge in [-0.3, -0.25) is 8.87 Å². The number of pyridine rings is 1. The van der Waals surface area contributed by atoms with Crippen molar-refractivity contribution in [1.29, 1.82) is 0 Å². The van der Waals surface area contributed by atoms with E-state index in [0.29, 0.717) is 17.4 Å². The Labute approximate surface area is 237 Å². The zero-order valence-corrected chi connectivity index (χ0v) is 25.0. The number of anilines is 4. The summed E-state index contributed by atoms with van der Waals surface area (Å²) in [7, 11) is -6.10. The molecule has 0 saturated carbocycles. The molecule has 2 N–H and O–H groups in total. The predicted molar refractivity (Wildman–Crippen MR) is 151 cm³/mol. The molecule has 2 aromatic heterocycles. The van der Waals surface area contributed by atoms with Gasteiger partial charge in [0.2, 0.25) is 16.0 Å². The second-order valence-electron chi connectivity index (χ2n) is 9.50. The Morgan fingerprint density at radius 3 is 2.29 bits per heavy atom. The third-order valence-corrected chi connectivity index (χ3v) is 8.80. The highest BCUT2D eigenvalue weighted by atomic mass is 32.2. The van der Waals surface area contributed by atoms with Crippen LogP contribution < -0.4 is 20.2 Å². The van der Waals surface area contributed by atoms with Gasteiger partial charge in [0.25, 0.3) is 0 Å². The molecule has 0 aliphatic carbocycles. The summed E-state index contributed by atoms with van der Waals surface area (Å²) >= 11 is 0. The van der Waals surface area contributed by atoms with Crippen molar-refractivity contribution < 1.29 is 35.2 Å². The fourth-order valence-corrected chi connectivity index (χ4v) is 6.00. The Balaban J connectivity index is 1.94. The van der Waals surface area contributed by atoms with Crippen LogP contribution in [0.5, 0.6) is 0 Å². The number of nitrogens with one attached hydrogen (secondary N) is 2. The number of halogens is 3. The number of hydrogen-bond acceptors (Lipinski definition) is 10. The quantitative estimate of drug-likeness (QED) is 0.258. The normalized spacial score (nSPS) is 12.6. The first kappa shape index (κ1) is 32.3. The van der Waals surface area contributed by atoms with E-state index in [4.69, 9.17) is 9.05 Å². The van der Waals surface area contributed by atoms with Crippen molar-refractivity contribution in [1.82, 2.24) is 15.0 Å². The van der Waals surface area contributed by atoms with E-state index in [1.807, 2.05) is 0 Å². The van der Waals surface area contributed by atoms with E-state index in [1.54, 1.807) is 45.9 Å². The summed E-state index contributed by atoms with van der Waals surface area (Å²) in [5.74, 6) is -0.668. The Morgan fingerprint density at radius 2 is 1.71 bits per heavy atom. The number of hydrogen-bond donors (Lipinski definition) is 2. The van der Waals surface area contributed by atoms with Gasteiger partial charge in [0.15, 0.2) is 0 Å². The summed E-state index contributed by atoms with van der Waals surface area (Å²) in [5, 5.41) is 5.70. The summed E-state index contributed by atoms with van der Waals surface area (Å²) in [6.45, 7) is 6.65. The molecule has 0 spiro atoms. The maximum atomic E-state index is 13.8.